The average Bonchev–Trinajstić information content (AvgIpc) is 3.36. The summed E-state index contributed by atoms with van der Waals surface area (Å²) in [5, 5.41) is 3.48. The summed E-state index contributed by atoms with van der Waals surface area (Å²) < 4.78 is 19.2. The molecule has 3 atom stereocenters. The number of amides is 1. The molecule has 244 valence electrons. The highest BCUT2D eigenvalue weighted by Gasteiger charge is 2.33. The number of rotatable bonds is 12. The number of likely N-dealkylation sites (tertiary alicyclic amines) is 2. The Balaban J connectivity index is 1.49. The predicted molar refractivity (Wildman–Crippen MR) is 184 cm³/mol. The van der Waals surface area contributed by atoms with Crippen LogP contribution in [0.2, 0.25) is 0 Å². The van der Waals surface area contributed by atoms with Crippen LogP contribution in [0.4, 0.5) is 4.39 Å². The minimum atomic E-state index is -0.775. The van der Waals surface area contributed by atoms with E-state index >= 15 is 0 Å². The molecule has 2 aromatic carbocycles. The van der Waals surface area contributed by atoms with Crippen molar-refractivity contribution in [1.82, 2.24) is 15.1 Å². The Labute approximate surface area is 275 Å². The largest absolute Gasteiger partial charge is 0.461 e. The molecule has 2 aromatic rings. The van der Waals surface area contributed by atoms with Crippen LogP contribution in [0, 0.1) is 11.7 Å². The first-order valence-corrected chi connectivity index (χ1v) is 18.0. The molecule has 45 heavy (non-hydrogen) atoms. The number of thioether (sulfide) groups is 2. The van der Waals surface area contributed by atoms with Crippen LogP contribution in [0.3, 0.4) is 0 Å². The Morgan fingerprint density at radius 3 is 2.47 bits per heavy atom. The van der Waals surface area contributed by atoms with Crippen molar-refractivity contribution in [3.05, 3.63) is 65.5 Å². The van der Waals surface area contributed by atoms with E-state index in [4.69, 9.17) is 4.74 Å². The molecule has 0 aromatic heterocycles. The van der Waals surface area contributed by atoms with Gasteiger partial charge in [-0.3, -0.25) is 14.5 Å². The van der Waals surface area contributed by atoms with Gasteiger partial charge in [0.15, 0.2) is 5.12 Å². The summed E-state index contributed by atoms with van der Waals surface area (Å²) in [6.45, 7) is 6.38. The Morgan fingerprint density at radius 2 is 1.80 bits per heavy atom. The van der Waals surface area contributed by atoms with Gasteiger partial charge in [-0.2, -0.15) is 11.8 Å². The van der Waals surface area contributed by atoms with E-state index in [1.807, 2.05) is 24.5 Å². The van der Waals surface area contributed by atoms with E-state index in [1.54, 1.807) is 43.8 Å². The van der Waals surface area contributed by atoms with Gasteiger partial charge in [0.2, 0.25) is 0 Å². The number of piperidine rings is 1. The van der Waals surface area contributed by atoms with Gasteiger partial charge in [0.05, 0.1) is 6.10 Å². The van der Waals surface area contributed by atoms with Crippen LogP contribution in [0.25, 0.3) is 17.2 Å². The minimum absolute atomic E-state index is 0.161. The molecule has 2 saturated heterocycles. The van der Waals surface area contributed by atoms with Gasteiger partial charge in [-0.15, -0.1) is 0 Å². The molecular formula is C35H46FN3O4S2. The number of carbonyl (C=O) groups is 3. The number of carbonyl (C=O) groups excluding carboxylic acids is 3. The molecule has 0 aliphatic carbocycles. The van der Waals surface area contributed by atoms with Crippen LogP contribution in [0.1, 0.15) is 55.5 Å². The number of nitrogens with one attached hydrogen (secondary N) is 1. The Kier molecular flexibility index (Phi) is 13.1. The summed E-state index contributed by atoms with van der Waals surface area (Å²) in [4.78, 5) is 43.9. The van der Waals surface area contributed by atoms with Crippen molar-refractivity contribution >= 4 is 46.6 Å². The van der Waals surface area contributed by atoms with Crippen molar-refractivity contribution in [3.8, 4) is 11.1 Å². The third-order valence-corrected chi connectivity index (χ3v) is 10.3. The molecule has 0 radical (unpaired) electrons. The van der Waals surface area contributed by atoms with E-state index in [2.05, 4.69) is 35.3 Å². The van der Waals surface area contributed by atoms with Gasteiger partial charge in [0.25, 0.3) is 5.91 Å². The maximum absolute atomic E-state index is 13.8. The fourth-order valence-corrected chi connectivity index (χ4v) is 7.62. The van der Waals surface area contributed by atoms with Crippen molar-refractivity contribution in [1.29, 1.82) is 0 Å². The van der Waals surface area contributed by atoms with Gasteiger partial charge in [-0.1, -0.05) is 42.1 Å². The second-order valence-corrected chi connectivity index (χ2v) is 14.6. The summed E-state index contributed by atoms with van der Waals surface area (Å²) in [5.41, 5.74) is 2.64. The standard InChI is InChI=1S/C35H46FN3O4S2/c1-23(2)43-34(41)32(16-19-44-5)37-33(40)30-13-7-24(20-31(30)25-8-10-27(36)11-9-25)6-12-28-21-29(22-39(28)4)45-35(42)26-14-17-38(3)18-15-26/h6-13,20,23,26,28-29,32H,14-19,21-22H2,1-5H3,(H,37,40)/b12-6+. The highest BCUT2D eigenvalue weighted by molar-refractivity contribution is 8.14. The highest BCUT2D eigenvalue weighted by atomic mass is 32.2. The number of esters is 1. The Hall–Kier alpha value is -2.66. The molecule has 0 bridgehead atoms. The first-order valence-electron chi connectivity index (χ1n) is 15.7. The first kappa shape index (κ1) is 35.2. The van der Waals surface area contributed by atoms with Crippen LogP contribution in [0.15, 0.2) is 48.5 Å². The minimum Gasteiger partial charge on any atom is -0.461 e. The summed E-state index contributed by atoms with van der Waals surface area (Å²) >= 11 is 3.11. The first-order chi connectivity index (χ1) is 21.5. The molecule has 10 heteroatoms. The molecule has 3 unspecified atom stereocenters. The lowest BCUT2D eigenvalue weighted by molar-refractivity contribution is -0.149. The average molecular weight is 656 g/mol. The molecule has 7 nitrogen and oxygen atoms in total. The predicted octanol–water partition coefficient (Wildman–Crippen LogP) is 5.98. The van der Waals surface area contributed by atoms with Gasteiger partial charge in [-0.05, 0) is 120 Å². The lowest BCUT2D eigenvalue weighted by Gasteiger charge is -2.28. The zero-order chi connectivity index (χ0) is 32.5. The topological polar surface area (TPSA) is 79.0 Å². The second-order valence-electron chi connectivity index (χ2n) is 12.3. The number of likely N-dealkylation sites (N-methyl/N-ethyl adjacent to an activating group) is 1. The summed E-state index contributed by atoms with van der Waals surface area (Å²) in [6, 6.07) is 11.0. The van der Waals surface area contributed by atoms with Gasteiger partial charge in [0.1, 0.15) is 11.9 Å². The number of ether oxygens (including phenoxy) is 1. The molecular weight excluding hydrogens is 610 g/mol. The Bertz CT molecular complexity index is 1340. The zero-order valence-electron chi connectivity index (χ0n) is 27.0. The number of halogens is 1. The summed E-state index contributed by atoms with van der Waals surface area (Å²) in [5.74, 6) is -0.357. The molecule has 2 aliphatic rings. The van der Waals surface area contributed by atoms with Crippen molar-refractivity contribution in [2.24, 2.45) is 5.92 Å². The summed E-state index contributed by atoms with van der Waals surface area (Å²) in [7, 11) is 4.20. The molecule has 0 spiro atoms. The van der Waals surface area contributed by atoms with Crippen LogP contribution in [-0.4, -0.2) is 96.0 Å². The molecule has 4 rings (SSSR count). The lowest BCUT2D eigenvalue weighted by atomic mass is 9.96. The van der Waals surface area contributed by atoms with Gasteiger partial charge in [-0.25, -0.2) is 9.18 Å². The third kappa shape index (κ3) is 10.2. The van der Waals surface area contributed by atoms with Crippen LogP contribution in [-0.2, 0) is 14.3 Å². The van der Waals surface area contributed by atoms with Gasteiger partial charge >= 0.3 is 5.97 Å². The van der Waals surface area contributed by atoms with E-state index in [0.717, 1.165) is 44.5 Å². The number of nitrogens with zero attached hydrogens (tertiary/aromatic N) is 2. The SMILES string of the molecule is CSCCC(NC(=O)c1ccc(/C=C/C2CC(SC(=O)C3CCN(C)CC3)CN2C)cc1-c1ccc(F)cc1)C(=O)OC(C)C. The normalized spacial score (nSPS) is 20.5. The quantitative estimate of drug-likeness (QED) is 0.280. The van der Waals surface area contributed by atoms with Crippen LogP contribution < -0.4 is 5.32 Å². The lowest BCUT2D eigenvalue weighted by Crippen LogP contribution is -2.43. The highest BCUT2D eigenvalue weighted by Crippen LogP contribution is 2.33. The van der Waals surface area contributed by atoms with Crippen molar-refractivity contribution < 1.29 is 23.5 Å². The maximum Gasteiger partial charge on any atom is 0.328 e. The van der Waals surface area contributed by atoms with E-state index in [0.29, 0.717) is 34.0 Å². The summed E-state index contributed by atoms with van der Waals surface area (Å²) in [6.07, 6.45) is 9.09. The number of hydrogen-bond donors (Lipinski definition) is 1. The number of benzene rings is 2. The molecule has 2 heterocycles. The smallest absolute Gasteiger partial charge is 0.328 e. The van der Waals surface area contributed by atoms with Crippen molar-refractivity contribution in [3.63, 3.8) is 0 Å². The molecule has 0 saturated carbocycles. The van der Waals surface area contributed by atoms with Crippen molar-refractivity contribution in [2.75, 3.05) is 45.7 Å². The zero-order valence-corrected chi connectivity index (χ0v) is 28.6. The number of hydrogen-bond acceptors (Lipinski definition) is 8. The second kappa shape index (κ2) is 16.8. The van der Waals surface area contributed by atoms with Crippen LogP contribution in [0.5, 0.6) is 0 Å². The molecule has 2 aliphatic heterocycles. The maximum atomic E-state index is 13.8. The third-order valence-electron chi connectivity index (χ3n) is 8.40. The molecule has 1 amide bonds. The van der Waals surface area contributed by atoms with E-state index in [9.17, 15) is 18.8 Å². The van der Waals surface area contributed by atoms with Crippen LogP contribution >= 0.6 is 23.5 Å². The van der Waals surface area contributed by atoms with Gasteiger partial charge in [0, 0.05) is 29.3 Å². The van der Waals surface area contributed by atoms with E-state index < -0.39 is 12.0 Å². The Morgan fingerprint density at radius 1 is 1.09 bits per heavy atom. The van der Waals surface area contributed by atoms with E-state index in [1.165, 1.54) is 23.9 Å². The van der Waals surface area contributed by atoms with E-state index in [-0.39, 0.29) is 35.0 Å². The fourth-order valence-electron chi connectivity index (χ4n) is 5.79. The fraction of sp³-hybridized carbons (Fsp3) is 0.514. The van der Waals surface area contributed by atoms with Crippen molar-refractivity contribution in [2.45, 2.75) is 63.0 Å². The molecule has 1 N–H and O–H groups in total. The monoisotopic (exact) mass is 655 g/mol. The van der Waals surface area contributed by atoms with Gasteiger partial charge < -0.3 is 15.0 Å². The molecule has 2 fully saturated rings.